The van der Waals surface area contributed by atoms with Gasteiger partial charge in [-0.05, 0) is 77.8 Å². The second-order valence-corrected chi connectivity index (χ2v) is 9.14. The average molecular weight is 409 g/mol. The molecule has 0 saturated heterocycles. The SMILES string of the molecule is COC(=O)c1cc(C(=O)OC)c2cc1CCCc1cc(cc(C(C)(C)C)c1)CCC2. The standard InChI is InChI=1S/C26H32O4/c1-26(2,3)21-13-17-8-6-10-19-15-20(11-7-9-18(12-17)14-21)23(25(28)30-5)16-22(19)24(27)29-4/h12-16H,6-11H2,1-5H3. The van der Waals surface area contributed by atoms with E-state index in [1.165, 1.54) is 30.9 Å². The van der Waals surface area contributed by atoms with Gasteiger partial charge in [0.25, 0.3) is 0 Å². The van der Waals surface area contributed by atoms with Crippen molar-refractivity contribution in [2.24, 2.45) is 0 Å². The van der Waals surface area contributed by atoms with Crippen LogP contribution in [0.3, 0.4) is 0 Å². The number of hydrogen-bond donors (Lipinski definition) is 0. The molecule has 0 heterocycles. The minimum absolute atomic E-state index is 0.0994. The van der Waals surface area contributed by atoms with Gasteiger partial charge < -0.3 is 9.47 Å². The molecular weight excluding hydrogens is 376 g/mol. The van der Waals surface area contributed by atoms with E-state index in [1.54, 1.807) is 6.07 Å². The van der Waals surface area contributed by atoms with Gasteiger partial charge in [0.15, 0.2) is 0 Å². The Bertz CT molecular complexity index is 887. The molecule has 0 aliphatic heterocycles. The summed E-state index contributed by atoms with van der Waals surface area (Å²) in [5.74, 6) is -0.823. The van der Waals surface area contributed by atoms with Crippen molar-refractivity contribution in [1.82, 2.24) is 0 Å². The molecule has 4 nitrogen and oxygen atoms in total. The molecule has 2 aromatic carbocycles. The molecule has 0 saturated carbocycles. The molecule has 0 spiro atoms. The van der Waals surface area contributed by atoms with E-state index in [1.807, 2.05) is 6.07 Å². The normalized spacial score (nSPS) is 14.3. The summed E-state index contributed by atoms with van der Waals surface area (Å²) in [5.41, 5.74) is 6.96. The van der Waals surface area contributed by atoms with E-state index >= 15 is 0 Å². The summed E-state index contributed by atoms with van der Waals surface area (Å²) in [6, 6.07) is 10.6. The Hall–Kier alpha value is -2.62. The lowest BCUT2D eigenvalue weighted by atomic mass is 9.83. The molecular formula is C26H32O4. The van der Waals surface area contributed by atoms with Crippen molar-refractivity contribution in [3.63, 3.8) is 0 Å². The van der Waals surface area contributed by atoms with Crippen LogP contribution in [0.1, 0.15) is 82.1 Å². The van der Waals surface area contributed by atoms with Gasteiger partial charge in [-0.3, -0.25) is 0 Å². The van der Waals surface area contributed by atoms with Crippen molar-refractivity contribution in [3.05, 3.63) is 69.3 Å². The topological polar surface area (TPSA) is 52.6 Å². The predicted molar refractivity (Wildman–Crippen MR) is 118 cm³/mol. The average Bonchev–Trinajstić information content (AvgIpc) is 2.71. The first-order chi connectivity index (χ1) is 14.2. The monoisotopic (exact) mass is 408 g/mol. The molecule has 4 heteroatoms. The highest BCUT2D eigenvalue weighted by Crippen LogP contribution is 2.28. The Labute approximate surface area is 179 Å². The van der Waals surface area contributed by atoms with E-state index in [0.717, 1.165) is 49.7 Å². The van der Waals surface area contributed by atoms with Gasteiger partial charge in [-0.25, -0.2) is 9.59 Å². The number of esters is 2. The number of fused-ring (bicyclic) bond motifs is 4. The predicted octanol–water partition coefficient (Wildman–Crippen LogP) is 5.22. The van der Waals surface area contributed by atoms with Crippen molar-refractivity contribution in [3.8, 4) is 0 Å². The van der Waals surface area contributed by atoms with Gasteiger partial charge in [0.1, 0.15) is 0 Å². The summed E-state index contributed by atoms with van der Waals surface area (Å²) < 4.78 is 9.96. The Morgan fingerprint density at radius 2 is 1.17 bits per heavy atom. The molecule has 0 radical (unpaired) electrons. The first kappa shape index (κ1) is 22.1. The Kier molecular flexibility index (Phi) is 6.64. The smallest absolute Gasteiger partial charge is 0.338 e. The lowest BCUT2D eigenvalue weighted by Gasteiger charge is -2.22. The highest BCUT2D eigenvalue weighted by molar-refractivity contribution is 5.97. The van der Waals surface area contributed by atoms with E-state index in [9.17, 15) is 9.59 Å². The zero-order valence-corrected chi connectivity index (χ0v) is 18.8. The van der Waals surface area contributed by atoms with Gasteiger partial charge in [0.05, 0.1) is 25.3 Å². The first-order valence-corrected chi connectivity index (χ1v) is 10.7. The third-order valence-electron chi connectivity index (χ3n) is 5.88. The van der Waals surface area contributed by atoms with Crippen LogP contribution in [0.2, 0.25) is 0 Å². The molecule has 3 rings (SSSR count). The number of ether oxygens (including phenoxy) is 2. The van der Waals surface area contributed by atoms with Crippen molar-refractivity contribution in [2.45, 2.75) is 64.7 Å². The maximum atomic E-state index is 12.4. The van der Waals surface area contributed by atoms with Gasteiger partial charge in [0.2, 0.25) is 0 Å². The molecule has 0 fully saturated rings. The van der Waals surface area contributed by atoms with Crippen molar-refractivity contribution in [2.75, 3.05) is 14.2 Å². The Balaban J connectivity index is 2.02. The van der Waals surface area contributed by atoms with Crippen LogP contribution in [0.4, 0.5) is 0 Å². The highest BCUT2D eigenvalue weighted by Gasteiger charge is 2.21. The molecule has 0 aromatic heterocycles. The fraction of sp³-hybridized carbons (Fsp3) is 0.462. The largest absolute Gasteiger partial charge is 0.465 e. The third-order valence-corrected chi connectivity index (χ3v) is 5.88. The maximum absolute atomic E-state index is 12.4. The zero-order valence-electron chi connectivity index (χ0n) is 18.8. The van der Waals surface area contributed by atoms with Gasteiger partial charge in [-0.15, -0.1) is 0 Å². The number of carbonyl (C=O) groups is 2. The lowest BCUT2D eigenvalue weighted by Crippen LogP contribution is -2.14. The summed E-state index contributed by atoms with van der Waals surface area (Å²) in [5, 5.41) is 0. The molecule has 0 unspecified atom stereocenters. The van der Waals surface area contributed by atoms with E-state index < -0.39 is 11.9 Å². The van der Waals surface area contributed by atoms with Crippen LogP contribution in [-0.2, 0) is 40.6 Å². The van der Waals surface area contributed by atoms with Gasteiger partial charge in [-0.2, -0.15) is 0 Å². The van der Waals surface area contributed by atoms with Gasteiger partial charge >= 0.3 is 11.9 Å². The Morgan fingerprint density at radius 3 is 1.57 bits per heavy atom. The summed E-state index contributed by atoms with van der Waals surface area (Å²) in [6.07, 6.45) is 5.27. The number of hydrogen-bond acceptors (Lipinski definition) is 4. The zero-order chi connectivity index (χ0) is 21.9. The van der Waals surface area contributed by atoms with Gasteiger partial charge in [-0.1, -0.05) is 45.0 Å². The van der Waals surface area contributed by atoms with Crippen LogP contribution < -0.4 is 0 Å². The summed E-state index contributed by atoms with van der Waals surface area (Å²) >= 11 is 0. The van der Waals surface area contributed by atoms with Crippen molar-refractivity contribution in [1.29, 1.82) is 0 Å². The summed E-state index contributed by atoms with van der Waals surface area (Å²) in [4.78, 5) is 24.8. The number of methoxy groups -OCH3 is 2. The maximum Gasteiger partial charge on any atom is 0.338 e. The fourth-order valence-corrected chi connectivity index (χ4v) is 4.16. The van der Waals surface area contributed by atoms with Crippen LogP contribution in [-0.4, -0.2) is 26.2 Å². The number of rotatable bonds is 2. The van der Waals surface area contributed by atoms with Crippen LogP contribution in [0.15, 0.2) is 30.3 Å². The molecule has 0 amide bonds. The Morgan fingerprint density at radius 1 is 0.700 bits per heavy atom. The lowest BCUT2D eigenvalue weighted by molar-refractivity contribution is 0.0597. The minimum Gasteiger partial charge on any atom is -0.465 e. The molecule has 160 valence electrons. The van der Waals surface area contributed by atoms with E-state index in [4.69, 9.17) is 9.47 Å². The molecule has 1 aliphatic rings. The minimum atomic E-state index is -0.411. The molecule has 4 bridgehead atoms. The van der Waals surface area contributed by atoms with E-state index in [-0.39, 0.29) is 5.41 Å². The van der Waals surface area contributed by atoms with E-state index in [0.29, 0.717) is 11.1 Å². The molecule has 2 aromatic rings. The second-order valence-electron chi connectivity index (χ2n) is 9.14. The summed E-state index contributed by atoms with van der Waals surface area (Å²) in [7, 11) is 2.74. The molecule has 0 N–H and O–H groups in total. The van der Waals surface area contributed by atoms with Crippen LogP contribution >= 0.6 is 0 Å². The van der Waals surface area contributed by atoms with Crippen molar-refractivity contribution >= 4 is 11.9 Å². The first-order valence-electron chi connectivity index (χ1n) is 10.7. The van der Waals surface area contributed by atoms with Crippen LogP contribution in [0, 0.1) is 0 Å². The molecule has 0 atom stereocenters. The quantitative estimate of drug-likeness (QED) is 0.639. The summed E-state index contributed by atoms with van der Waals surface area (Å²) in [6.45, 7) is 6.74. The van der Waals surface area contributed by atoms with Crippen LogP contribution in [0.5, 0.6) is 0 Å². The molecule has 1 aliphatic carbocycles. The van der Waals surface area contributed by atoms with E-state index in [2.05, 4.69) is 39.0 Å². The van der Waals surface area contributed by atoms with Gasteiger partial charge in [0, 0.05) is 0 Å². The number of benzene rings is 2. The second kappa shape index (κ2) is 9.03. The van der Waals surface area contributed by atoms with Crippen LogP contribution in [0.25, 0.3) is 0 Å². The number of carbonyl (C=O) groups excluding carboxylic acids is 2. The third kappa shape index (κ3) is 4.92. The highest BCUT2D eigenvalue weighted by atomic mass is 16.5. The fourth-order valence-electron chi connectivity index (χ4n) is 4.16. The molecule has 30 heavy (non-hydrogen) atoms. The number of aryl methyl sites for hydroxylation is 4. The van der Waals surface area contributed by atoms with Crippen molar-refractivity contribution < 1.29 is 19.1 Å².